The van der Waals surface area contributed by atoms with Crippen LogP contribution in [0, 0.1) is 18.3 Å². The summed E-state index contributed by atoms with van der Waals surface area (Å²) in [4.78, 5) is 2.16. The molecule has 0 spiro atoms. The molecule has 0 amide bonds. The molecular weight excluding hydrogens is 212 g/mol. The molecule has 1 N–H and O–H groups in total. The lowest BCUT2D eigenvalue weighted by atomic mass is 10.1. The highest BCUT2D eigenvalue weighted by molar-refractivity contribution is 5.55. The van der Waals surface area contributed by atoms with E-state index in [0.717, 1.165) is 16.8 Å². The molecule has 0 heterocycles. The second kappa shape index (κ2) is 6.27. The topological polar surface area (TPSA) is 47.3 Å². The number of hydrogen-bond donors (Lipinski definition) is 1. The van der Waals surface area contributed by atoms with E-state index in [4.69, 9.17) is 5.26 Å². The van der Waals surface area contributed by atoms with Crippen molar-refractivity contribution in [2.75, 3.05) is 11.4 Å². The van der Waals surface area contributed by atoms with Crippen molar-refractivity contribution in [3.8, 4) is 6.07 Å². The molecule has 0 aliphatic rings. The molecule has 17 heavy (non-hydrogen) atoms. The van der Waals surface area contributed by atoms with Gasteiger partial charge in [0.25, 0.3) is 0 Å². The molecule has 1 aromatic carbocycles. The number of anilines is 1. The van der Waals surface area contributed by atoms with E-state index < -0.39 is 0 Å². The van der Waals surface area contributed by atoms with Crippen molar-refractivity contribution in [3.63, 3.8) is 0 Å². The monoisotopic (exact) mass is 232 g/mol. The van der Waals surface area contributed by atoms with Crippen LogP contribution in [0.15, 0.2) is 18.2 Å². The summed E-state index contributed by atoms with van der Waals surface area (Å²) in [7, 11) is 0. The first-order chi connectivity index (χ1) is 8.10. The first-order valence-corrected chi connectivity index (χ1v) is 5.94. The van der Waals surface area contributed by atoms with E-state index in [2.05, 4.69) is 24.8 Å². The van der Waals surface area contributed by atoms with Crippen molar-refractivity contribution < 1.29 is 5.11 Å². The van der Waals surface area contributed by atoms with Gasteiger partial charge in [-0.1, -0.05) is 17.7 Å². The fourth-order valence-corrected chi connectivity index (χ4v) is 1.95. The Balaban J connectivity index is 3.05. The maximum atomic E-state index is 9.41. The summed E-state index contributed by atoms with van der Waals surface area (Å²) in [5.74, 6) is 0. The van der Waals surface area contributed by atoms with Crippen LogP contribution >= 0.6 is 0 Å². The summed E-state index contributed by atoms with van der Waals surface area (Å²) in [6, 6.07) is 8.54. The van der Waals surface area contributed by atoms with Crippen molar-refractivity contribution in [2.24, 2.45) is 0 Å². The number of aliphatic hydroxyl groups excluding tert-OH is 1. The third-order valence-electron chi connectivity index (χ3n) is 2.80. The van der Waals surface area contributed by atoms with Gasteiger partial charge < -0.3 is 10.0 Å². The lowest BCUT2D eigenvalue weighted by Gasteiger charge is -2.30. The van der Waals surface area contributed by atoms with Gasteiger partial charge in [-0.05, 0) is 26.8 Å². The number of aryl methyl sites for hydroxylation is 1. The van der Waals surface area contributed by atoms with Crippen LogP contribution in [0.5, 0.6) is 0 Å². The molecular formula is C14H20N2O. The zero-order valence-electron chi connectivity index (χ0n) is 10.8. The molecule has 0 saturated heterocycles. The lowest BCUT2D eigenvalue weighted by molar-refractivity contribution is 0.282. The molecule has 1 rings (SSSR count). The molecule has 0 aliphatic carbocycles. The number of nitriles is 1. The van der Waals surface area contributed by atoms with E-state index in [9.17, 15) is 5.11 Å². The molecule has 3 heteroatoms. The standard InChI is InChI=1S/C14H20N2O/c1-11(2)16(8-4-7-15)14-6-5-12(3)9-13(14)10-17/h5-6,9,11,17H,4,8,10H2,1-3H3. The maximum Gasteiger partial charge on any atom is 0.0702 e. The van der Waals surface area contributed by atoms with Crippen molar-refractivity contribution in [3.05, 3.63) is 29.3 Å². The fraction of sp³-hybridized carbons (Fsp3) is 0.500. The predicted molar refractivity (Wildman–Crippen MR) is 69.8 cm³/mol. The maximum absolute atomic E-state index is 9.41. The zero-order chi connectivity index (χ0) is 12.8. The lowest BCUT2D eigenvalue weighted by Crippen LogP contribution is -2.32. The summed E-state index contributed by atoms with van der Waals surface area (Å²) in [6.45, 7) is 6.94. The smallest absolute Gasteiger partial charge is 0.0702 e. The Morgan fingerprint density at radius 1 is 1.41 bits per heavy atom. The summed E-state index contributed by atoms with van der Waals surface area (Å²) in [5.41, 5.74) is 3.10. The van der Waals surface area contributed by atoms with Gasteiger partial charge in [0, 0.05) is 23.8 Å². The molecule has 0 bridgehead atoms. The van der Waals surface area contributed by atoms with E-state index in [0.29, 0.717) is 19.0 Å². The first-order valence-electron chi connectivity index (χ1n) is 5.94. The van der Waals surface area contributed by atoms with Crippen molar-refractivity contribution >= 4 is 5.69 Å². The molecule has 92 valence electrons. The SMILES string of the molecule is Cc1ccc(N(CCC#N)C(C)C)c(CO)c1. The highest BCUT2D eigenvalue weighted by Gasteiger charge is 2.13. The van der Waals surface area contributed by atoms with Crippen LogP contribution < -0.4 is 4.90 Å². The van der Waals surface area contributed by atoms with Crippen molar-refractivity contribution in [1.82, 2.24) is 0 Å². The molecule has 0 aromatic heterocycles. The molecule has 1 aromatic rings. The minimum atomic E-state index is 0.0345. The molecule has 0 radical (unpaired) electrons. The van der Waals surface area contributed by atoms with Gasteiger partial charge in [-0.25, -0.2) is 0 Å². The minimum Gasteiger partial charge on any atom is -0.392 e. The predicted octanol–water partition coefficient (Wildman–Crippen LogP) is 2.62. The highest BCUT2D eigenvalue weighted by Crippen LogP contribution is 2.24. The van der Waals surface area contributed by atoms with Gasteiger partial charge in [-0.2, -0.15) is 5.26 Å². The van der Waals surface area contributed by atoms with Crippen LogP contribution in [0.3, 0.4) is 0 Å². The minimum absolute atomic E-state index is 0.0345. The van der Waals surface area contributed by atoms with Gasteiger partial charge in [0.2, 0.25) is 0 Å². The Morgan fingerprint density at radius 2 is 2.12 bits per heavy atom. The van der Waals surface area contributed by atoms with Crippen LogP contribution in [-0.2, 0) is 6.61 Å². The van der Waals surface area contributed by atoms with Crippen LogP contribution in [0.25, 0.3) is 0 Å². The molecule has 0 unspecified atom stereocenters. The van der Waals surface area contributed by atoms with Gasteiger partial charge in [-0.15, -0.1) is 0 Å². The van der Waals surface area contributed by atoms with Gasteiger partial charge >= 0.3 is 0 Å². The second-order valence-corrected chi connectivity index (χ2v) is 4.49. The van der Waals surface area contributed by atoms with Crippen LogP contribution in [0.4, 0.5) is 5.69 Å². The summed E-state index contributed by atoms with van der Waals surface area (Å²) in [5, 5.41) is 18.1. The largest absolute Gasteiger partial charge is 0.392 e. The number of hydrogen-bond acceptors (Lipinski definition) is 3. The molecule has 0 fully saturated rings. The van der Waals surface area contributed by atoms with E-state index in [1.165, 1.54) is 0 Å². The highest BCUT2D eigenvalue weighted by atomic mass is 16.3. The average Bonchev–Trinajstić information content (AvgIpc) is 2.30. The van der Waals surface area contributed by atoms with E-state index in [1.807, 2.05) is 25.1 Å². The van der Waals surface area contributed by atoms with Crippen LogP contribution in [0.2, 0.25) is 0 Å². The summed E-state index contributed by atoms with van der Waals surface area (Å²) >= 11 is 0. The number of nitrogens with zero attached hydrogens (tertiary/aromatic N) is 2. The molecule has 3 nitrogen and oxygen atoms in total. The van der Waals surface area contributed by atoms with E-state index >= 15 is 0 Å². The number of aliphatic hydroxyl groups is 1. The quantitative estimate of drug-likeness (QED) is 0.849. The van der Waals surface area contributed by atoms with Crippen LogP contribution in [-0.4, -0.2) is 17.7 Å². The zero-order valence-corrected chi connectivity index (χ0v) is 10.8. The Bertz CT molecular complexity index is 407. The summed E-state index contributed by atoms with van der Waals surface area (Å²) in [6.07, 6.45) is 0.497. The fourth-order valence-electron chi connectivity index (χ4n) is 1.95. The van der Waals surface area contributed by atoms with Gasteiger partial charge in [-0.3, -0.25) is 0 Å². The van der Waals surface area contributed by atoms with E-state index in [-0.39, 0.29) is 6.61 Å². The van der Waals surface area contributed by atoms with Crippen molar-refractivity contribution in [2.45, 2.75) is 39.8 Å². The third-order valence-corrected chi connectivity index (χ3v) is 2.80. The van der Waals surface area contributed by atoms with Crippen LogP contribution in [0.1, 0.15) is 31.4 Å². The molecule has 0 aliphatic heterocycles. The van der Waals surface area contributed by atoms with Crippen molar-refractivity contribution in [1.29, 1.82) is 5.26 Å². The average molecular weight is 232 g/mol. The van der Waals surface area contributed by atoms with Gasteiger partial charge in [0.05, 0.1) is 19.1 Å². The van der Waals surface area contributed by atoms with Gasteiger partial charge in [0.15, 0.2) is 0 Å². The number of benzene rings is 1. The Kier molecular flexibility index (Phi) is 4.99. The summed E-state index contributed by atoms with van der Waals surface area (Å²) < 4.78 is 0. The Hall–Kier alpha value is -1.53. The first kappa shape index (κ1) is 13.5. The molecule has 0 atom stereocenters. The third kappa shape index (κ3) is 3.47. The Morgan fingerprint density at radius 3 is 2.65 bits per heavy atom. The van der Waals surface area contributed by atoms with Gasteiger partial charge in [0.1, 0.15) is 0 Å². The Labute approximate surface area is 103 Å². The van der Waals surface area contributed by atoms with E-state index in [1.54, 1.807) is 0 Å². The number of rotatable bonds is 5. The second-order valence-electron chi connectivity index (χ2n) is 4.49. The molecule has 0 saturated carbocycles. The normalized spacial score (nSPS) is 10.4.